The summed E-state index contributed by atoms with van der Waals surface area (Å²) in [5, 5.41) is 2.37. The number of para-hydroxylation sites is 4. The van der Waals surface area contributed by atoms with Crippen LogP contribution < -0.4 is 0 Å². The van der Waals surface area contributed by atoms with E-state index in [2.05, 4.69) is 217 Å². The van der Waals surface area contributed by atoms with Crippen molar-refractivity contribution in [2.75, 3.05) is 0 Å². The van der Waals surface area contributed by atoms with E-state index in [-0.39, 0.29) is 0 Å². The summed E-state index contributed by atoms with van der Waals surface area (Å²) in [5.41, 5.74) is 15.6. The Morgan fingerprint density at radius 3 is 1.55 bits per heavy atom. The Labute approximate surface area is 340 Å². The first-order valence-corrected chi connectivity index (χ1v) is 20.4. The predicted molar refractivity (Wildman–Crippen MR) is 244 cm³/mol. The van der Waals surface area contributed by atoms with E-state index in [4.69, 9.17) is 9.97 Å². The van der Waals surface area contributed by atoms with Crippen LogP contribution in [0, 0.1) is 0 Å². The van der Waals surface area contributed by atoms with Crippen molar-refractivity contribution in [2.24, 2.45) is 0 Å². The lowest BCUT2D eigenvalue weighted by Crippen LogP contribution is -1.97. The van der Waals surface area contributed by atoms with E-state index in [0.717, 1.165) is 55.8 Å². The Hall–Kier alpha value is -7.40. The van der Waals surface area contributed by atoms with E-state index >= 15 is 0 Å². The Bertz CT molecular complexity index is 3180. The van der Waals surface area contributed by atoms with Crippen LogP contribution in [-0.4, -0.2) is 14.5 Å². The summed E-state index contributed by atoms with van der Waals surface area (Å²) in [7, 11) is 0. The van der Waals surface area contributed by atoms with Crippen molar-refractivity contribution >= 4 is 43.4 Å². The molecule has 0 amide bonds. The zero-order valence-electron chi connectivity index (χ0n) is 31.5. The molecule has 0 fully saturated rings. The molecule has 0 atom stereocenters. The van der Waals surface area contributed by atoms with Crippen LogP contribution in [0.2, 0.25) is 0 Å². The Kier molecular flexibility index (Phi) is 8.34. The number of fused-ring (bicyclic) bond motifs is 4. The van der Waals surface area contributed by atoms with Crippen molar-refractivity contribution in [1.82, 2.24) is 14.5 Å². The van der Waals surface area contributed by atoms with Crippen LogP contribution in [0.3, 0.4) is 0 Å². The number of rotatable bonds is 7. The lowest BCUT2D eigenvalue weighted by Gasteiger charge is -2.13. The van der Waals surface area contributed by atoms with Crippen molar-refractivity contribution < 1.29 is 0 Å². The van der Waals surface area contributed by atoms with Crippen LogP contribution in [0.25, 0.3) is 104 Å². The van der Waals surface area contributed by atoms with Crippen LogP contribution in [-0.2, 0) is 0 Å². The second kappa shape index (κ2) is 14.3. The lowest BCUT2D eigenvalue weighted by molar-refractivity contribution is 1.10. The summed E-state index contributed by atoms with van der Waals surface area (Å²) in [6.07, 6.45) is 0. The third-order valence-corrected chi connectivity index (χ3v) is 12.2. The molecule has 3 nitrogen and oxygen atoms in total. The first kappa shape index (κ1) is 33.9. The van der Waals surface area contributed by atoms with E-state index < -0.39 is 0 Å². The molecule has 0 aliphatic carbocycles. The molecular formula is C54H35N3S. The van der Waals surface area contributed by atoms with Crippen molar-refractivity contribution in [3.8, 4) is 72.2 Å². The summed E-state index contributed by atoms with van der Waals surface area (Å²) in [5.74, 6) is 0.915. The fourth-order valence-corrected chi connectivity index (χ4v) is 9.61. The van der Waals surface area contributed by atoms with E-state index in [1.165, 1.54) is 48.3 Å². The third-order valence-electron chi connectivity index (χ3n) is 11.0. The quantitative estimate of drug-likeness (QED) is 0.162. The number of nitrogens with zero attached hydrogens (tertiary/aromatic N) is 3. The lowest BCUT2D eigenvalue weighted by atomic mass is 9.91. The molecule has 0 radical (unpaired) electrons. The zero-order valence-corrected chi connectivity index (χ0v) is 32.3. The molecule has 58 heavy (non-hydrogen) atoms. The number of hydrogen-bond donors (Lipinski definition) is 0. The van der Waals surface area contributed by atoms with Crippen LogP contribution in [0.15, 0.2) is 212 Å². The first-order valence-electron chi connectivity index (χ1n) is 19.6. The Morgan fingerprint density at radius 1 is 0.379 bits per heavy atom. The van der Waals surface area contributed by atoms with Gasteiger partial charge in [-0.3, -0.25) is 4.57 Å². The normalized spacial score (nSPS) is 11.4. The van der Waals surface area contributed by atoms with Crippen LogP contribution >= 0.6 is 11.3 Å². The van der Waals surface area contributed by atoms with E-state index in [9.17, 15) is 0 Å². The van der Waals surface area contributed by atoms with Crippen molar-refractivity contribution in [3.63, 3.8) is 0 Å². The van der Waals surface area contributed by atoms with Crippen molar-refractivity contribution in [3.05, 3.63) is 212 Å². The van der Waals surface area contributed by atoms with E-state index in [1.54, 1.807) is 0 Å². The topological polar surface area (TPSA) is 30.7 Å². The van der Waals surface area contributed by atoms with E-state index in [1.807, 2.05) is 11.3 Å². The van der Waals surface area contributed by atoms with Gasteiger partial charge in [-0.05, 0) is 81.9 Å². The smallest absolute Gasteiger partial charge is 0.145 e. The molecule has 0 bridgehead atoms. The molecule has 0 aliphatic rings. The highest BCUT2D eigenvalue weighted by Crippen LogP contribution is 2.51. The minimum absolute atomic E-state index is 0.915. The number of hydrogen-bond acceptors (Lipinski definition) is 3. The van der Waals surface area contributed by atoms with Crippen LogP contribution in [0.1, 0.15) is 0 Å². The SMILES string of the molecule is c1ccc(-c2cc(-c3ccccc3)cc(-c3sc4c(-c5ccccc5)nc5ccccc5c4c3-c3ccc(-c4nc5ccccc5n4-c4ccccc4)cc3)c2)cc1. The van der Waals surface area contributed by atoms with Gasteiger partial charge < -0.3 is 0 Å². The minimum atomic E-state index is 0.915. The molecule has 11 aromatic rings. The molecule has 0 unspecified atom stereocenters. The van der Waals surface area contributed by atoms with Gasteiger partial charge in [-0.15, -0.1) is 11.3 Å². The van der Waals surface area contributed by atoms with Crippen LogP contribution in [0.5, 0.6) is 0 Å². The summed E-state index contributed by atoms with van der Waals surface area (Å²) in [6, 6.07) is 75.6. The van der Waals surface area contributed by atoms with Crippen molar-refractivity contribution in [2.45, 2.75) is 0 Å². The molecule has 0 spiro atoms. The van der Waals surface area contributed by atoms with Gasteiger partial charge in [0.2, 0.25) is 0 Å². The van der Waals surface area contributed by atoms with Crippen molar-refractivity contribution in [1.29, 1.82) is 0 Å². The first-order chi connectivity index (χ1) is 28.8. The second-order valence-corrected chi connectivity index (χ2v) is 15.6. The fraction of sp³-hybridized carbons (Fsp3) is 0. The highest BCUT2D eigenvalue weighted by molar-refractivity contribution is 7.23. The number of benzene rings is 8. The maximum absolute atomic E-state index is 5.36. The molecular weight excluding hydrogens is 723 g/mol. The largest absolute Gasteiger partial charge is 0.292 e. The summed E-state index contributed by atoms with van der Waals surface area (Å²) in [4.78, 5) is 11.8. The minimum Gasteiger partial charge on any atom is -0.292 e. The van der Waals surface area contributed by atoms with Gasteiger partial charge in [-0.2, -0.15) is 0 Å². The molecule has 0 aliphatic heterocycles. The van der Waals surface area contributed by atoms with Gasteiger partial charge in [0.15, 0.2) is 0 Å². The maximum Gasteiger partial charge on any atom is 0.145 e. The molecule has 272 valence electrons. The molecule has 8 aromatic carbocycles. The summed E-state index contributed by atoms with van der Waals surface area (Å²) in [6.45, 7) is 0. The highest BCUT2D eigenvalue weighted by atomic mass is 32.1. The van der Waals surface area contributed by atoms with Crippen LogP contribution in [0.4, 0.5) is 0 Å². The predicted octanol–water partition coefficient (Wildman–Crippen LogP) is 14.8. The molecule has 0 saturated carbocycles. The van der Waals surface area contributed by atoms with Gasteiger partial charge in [0.05, 0.1) is 26.9 Å². The molecule has 4 heteroatoms. The standard InChI is InChI=1S/C54H35N3S/c1-5-17-36(18-6-1)41-33-42(37-19-7-2-8-20-37)35-43(34-41)52-49(50-45-25-13-14-26-46(45)55-51(53(50)58-52)39-21-9-3-10-22-39)38-29-31-40(32-30-38)54-56-47-27-15-16-28-48(47)57(54)44-23-11-4-12-24-44/h1-35H. The average Bonchev–Trinajstić information content (AvgIpc) is 3.90. The molecule has 3 aromatic heterocycles. The maximum atomic E-state index is 5.36. The van der Waals surface area contributed by atoms with Gasteiger partial charge in [0.25, 0.3) is 0 Å². The zero-order chi connectivity index (χ0) is 38.4. The van der Waals surface area contributed by atoms with Gasteiger partial charge >= 0.3 is 0 Å². The van der Waals surface area contributed by atoms with Gasteiger partial charge in [-0.1, -0.05) is 164 Å². The van der Waals surface area contributed by atoms with Gasteiger partial charge in [0, 0.05) is 38.0 Å². The summed E-state index contributed by atoms with van der Waals surface area (Å²) < 4.78 is 3.44. The molecule has 0 saturated heterocycles. The third kappa shape index (κ3) is 5.90. The summed E-state index contributed by atoms with van der Waals surface area (Å²) >= 11 is 1.84. The number of pyridine rings is 1. The van der Waals surface area contributed by atoms with Gasteiger partial charge in [0.1, 0.15) is 5.82 Å². The second-order valence-electron chi connectivity index (χ2n) is 14.6. The monoisotopic (exact) mass is 757 g/mol. The van der Waals surface area contributed by atoms with Gasteiger partial charge in [-0.25, -0.2) is 9.97 Å². The Balaban J connectivity index is 1.19. The molecule has 3 heterocycles. The molecule has 11 rings (SSSR count). The number of aromatic nitrogens is 3. The highest BCUT2D eigenvalue weighted by Gasteiger charge is 2.24. The Morgan fingerprint density at radius 2 is 0.897 bits per heavy atom. The average molecular weight is 758 g/mol. The van der Waals surface area contributed by atoms with E-state index in [0.29, 0.717) is 0 Å². The number of thiophene rings is 1. The fourth-order valence-electron chi connectivity index (χ4n) is 8.28. The molecule has 0 N–H and O–H groups in total. The number of imidazole rings is 1.